The summed E-state index contributed by atoms with van der Waals surface area (Å²) in [5.74, 6) is 0.265. The first-order valence-electron chi connectivity index (χ1n) is 5.85. The van der Waals surface area contributed by atoms with Crippen molar-refractivity contribution in [3.63, 3.8) is 0 Å². The molecular formula is C14H15ClOS. The molecule has 0 unspecified atom stereocenters. The minimum Gasteiger partial charge on any atom is -0.293 e. The summed E-state index contributed by atoms with van der Waals surface area (Å²) >= 11 is 7.57. The lowest BCUT2D eigenvalue weighted by molar-refractivity contribution is 0.0983. The maximum atomic E-state index is 12.1. The summed E-state index contributed by atoms with van der Waals surface area (Å²) in [5, 5.41) is 1.84. The highest BCUT2D eigenvalue weighted by Crippen LogP contribution is 2.33. The number of fused-ring (bicyclic) bond motifs is 1. The van der Waals surface area contributed by atoms with Gasteiger partial charge in [0.1, 0.15) is 0 Å². The van der Waals surface area contributed by atoms with E-state index in [1.165, 1.54) is 0 Å². The number of aryl methyl sites for hydroxylation is 1. The van der Waals surface area contributed by atoms with Crippen molar-refractivity contribution in [1.29, 1.82) is 0 Å². The second kappa shape index (κ2) is 5.19. The molecule has 0 aliphatic rings. The second-order valence-corrected chi connectivity index (χ2v) is 5.71. The summed E-state index contributed by atoms with van der Waals surface area (Å²) in [5.41, 5.74) is 1.08. The zero-order valence-electron chi connectivity index (χ0n) is 10.0. The first kappa shape index (κ1) is 12.6. The first-order chi connectivity index (χ1) is 8.13. The quantitative estimate of drug-likeness (QED) is 0.692. The molecule has 0 amide bonds. The lowest BCUT2D eigenvalue weighted by atomic mass is 10.1. The molecule has 0 radical (unpaired) electrons. The molecule has 90 valence electrons. The van der Waals surface area contributed by atoms with Crippen LogP contribution in [0.2, 0.25) is 5.02 Å². The number of hydrogen-bond acceptors (Lipinski definition) is 2. The molecule has 1 aromatic heterocycles. The molecule has 17 heavy (non-hydrogen) atoms. The molecular weight excluding hydrogens is 252 g/mol. The summed E-state index contributed by atoms with van der Waals surface area (Å²) in [6.07, 6.45) is 2.67. The Balaban J connectivity index is 2.42. The molecule has 3 heteroatoms. The third kappa shape index (κ3) is 2.53. The highest BCUT2D eigenvalue weighted by molar-refractivity contribution is 7.21. The van der Waals surface area contributed by atoms with E-state index in [-0.39, 0.29) is 5.78 Å². The molecule has 0 spiro atoms. The van der Waals surface area contributed by atoms with Gasteiger partial charge in [-0.3, -0.25) is 4.79 Å². The largest absolute Gasteiger partial charge is 0.293 e. The van der Waals surface area contributed by atoms with Crippen LogP contribution >= 0.6 is 22.9 Å². The Hall–Kier alpha value is -0.860. The summed E-state index contributed by atoms with van der Waals surface area (Å²) in [4.78, 5) is 13.0. The van der Waals surface area contributed by atoms with Crippen molar-refractivity contribution in [2.24, 2.45) is 0 Å². The van der Waals surface area contributed by atoms with Crippen LogP contribution in [0.4, 0.5) is 0 Å². The zero-order valence-corrected chi connectivity index (χ0v) is 11.6. The molecule has 0 saturated heterocycles. The average Bonchev–Trinajstić information content (AvgIpc) is 2.64. The number of thiophene rings is 1. The van der Waals surface area contributed by atoms with Gasteiger partial charge in [0.15, 0.2) is 5.78 Å². The van der Waals surface area contributed by atoms with Crippen LogP contribution in [-0.2, 0) is 0 Å². The zero-order chi connectivity index (χ0) is 12.4. The van der Waals surface area contributed by atoms with Crippen LogP contribution in [0.25, 0.3) is 10.1 Å². The molecule has 1 nitrogen and oxygen atoms in total. The standard InChI is InChI=1S/C14H15ClOS/c1-3-4-5-12(16)14-9(2)11-8-10(15)6-7-13(11)17-14/h6-8H,3-5H2,1-2H3. The Morgan fingerprint density at radius 2 is 2.18 bits per heavy atom. The summed E-state index contributed by atoms with van der Waals surface area (Å²) in [6.45, 7) is 4.11. The highest BCUT2D eigenvalue weighted by Gasteiger charge is 2.14. The van der Waals surface area contributed by atoms with E-state index >= 15 is 0 Å². The lowest BCUT2D eigenvalue weighted by Crippen LogP contribution is -1.97. The number of ketones is 1. The maximum absolute atomic E-state index is 12.1. The molecule has 0 aliphatic heterocycles. The monoisotopic (exact) mass is 266 g/mol. The molecule has 2 rings (SSSR count). The Morgan fingerprint density at radius 3 is 2.88 bits per heavy atom. The Kier molecular flexibility index (Phi) is 3.85. The summed E-state index contributed by atoms with van der Waals surface area (Å²) in [7, 11) is 0. The van der Waals surface area contributed by atoms with Crippen molar-refractivity contribution in [3.05, 3.63) is 33.7 Å². The molecule has 1 aromatic carbocycles. The van der Waals surface area contributed by atoms with Gasteiger partial charge in [-0.05, 0) is 42.5 Å². The number of Topliss-reactive ketones (excluding diaryl/α,β-unsaturated/α-hetero) is 1. The van der Waals surface area contributed by atoms with Crippen LogP contribution in [-0.4, -0.2) is 5.78 Å². The van der Waals surface area contributed by atoms with E-state index in [1.807, 2.05) is 25.1 Å². The number of hydrogen-bond donors (Lipinski definition) is 0. The Morgan fingerprint density at radius 1 is 1.41 bits per heavy atom. The third-order valence-corrected chi connectivity index (χ3v) is 4.46. The molecule has 2 aromatic rings. The highest BCUT2D eigenvalue weighted by atomic mass is 35.5. The molecule has 0 bridgehead atoms. The minimum atomic E-state index is 0.265. The van der Waals surface area contributed by atoms with Gasteiger partial charge in [0, 0.05) is 16.1 Å². The minimum absolute atomic E-state index is 0.265. The van der Waals surface area contributed by atoms with Gasteiger partial charge in [-0.2, -0.15) is 0 Å². The number of benzene rings is 1. The average molecular weight is 267 g/mol. The van der Waals surface area contributed by atoms with Gasteiger partial charge < -0.3 is 0 Å². The van der Waals surface area contributed by atoms with E-state index in [9.17, 15) is 4.79 Å². The molecule has 0 aliphatic carbocycles. The van der Waals surface area contributed by atoms with Gasteiger partial charge in [-0.25, -0.2) is 0 Å². The predicted octanol–water partition coefficient (Wildman–Crippen LogP) is 5.24. The predicted molar refractivity (Wildman–Crippen MR) is 75.4 cm³/mol. The van der Waals surface area contributed by atoms with E-state index in [0.29, 0.717) is 6.42 Å². The van der Waals surface area contributed by atoms with E-state index in [2.05, 4.69) is 6.92 Å². The summed E-state index contributed by atoms with van der Waals surface area (Å²) < 4.78 is 1.15. The van der Waals surface area contributed by atoms with E-state index in [0.717, 1.165) is 38.4 Å². The number of carbonyl (C=O) groups is 1. The van der Waals surface area contributed by atoms with Crippen molar-refractivity contribution in [3.8, 4) is 0 Å². The van der Waals surface area contributed by atoms with Crippen molar-refractivity contribution >= 4 is 38.8 Å². The van der Waals surface area contributed by atoms with Crippen molar-refractivity contribution in [1.82, 2.24) is 0 Å². The first-order valence-corrected chi connectivity index (χ1v) is 7.04. The van der Waals surface area contributed by atoms with Crippen molar-refractivity contribution in [2.75, 3.05) is 0 Å². The molecule has 0 saturated carbocycles. The second-order valence-electron chi connectivity index (χ2n) is 4.22. The van der Waals surface area contributed by atoms with Crippen LogP contribution in [0.15, 0.2) is 18.2 Å². The van der Waals surface area contributed by atoms with E-state index in [1.54, 1.807) is 11.3 Å². The summed E-state index contributed by atoms with van der Waals surface area (Å²) in [6, 6.07) is 5.81. The fraction of sp³-hybridized carbons (Fsp3) is 0.357. The Labute approximate surface area is 110 Å². The number of carbonyl (C=O) groups excluding carboxylic acids is 1. The van der Waals surface area contributed by atoms with Crippen LogP contribution < -0.4 is 0 Å². The molecule has 1 heterocycles. The fourth-order valence-corrected chi connectivity index (χ4v) is 3.24. The number of unbranched alkanes of at least 4 members (excludes halogenated alkanes) is 1. The van der Waals surface area contributed by atoms with Crippen LogP contribution in [0.3, 0.4) is 0 Å². The maximum Gasteiger partial charge on any atom is 0.173 e. The van der Waals surface area contributed by atoms with Gasteiger partial charge >= 0.3 is 0 Å². The van der Waals surface area contributed by atoms with Gasteiger partial charge in [0.05, 0.1) is 4.88 Å². The number of halogens is 1. The van der Waals surface area contributed by atoms with Crippen LogP contribution in [0, 0.1) is 6.92 Å². The van der Waals surface area contributed by atoms with Gasteiger partial charge in [0.2, 0.25) is 0 Å². The van der Waals surface area contributed by atoms with Crippen molar-refractivity contribution < 1.29 is 4.79 Å². The number of rotatable bonds is 4. The fourth-order valence-electron chi connectivity index (χ4n) is 1.91. The molecule has 0 atom stereocenters. The lowest BCUT2D eigenvalue weighted by Gasteiger charge is -1.98. The normalized spacial score (nSPS) is 11.0. The topological polar surface area (TPSA) is 17.1 Å². The smallest absolute Gasteiger partial charge is 0.173 e. The third-order valence-electron chi connectivity index (χ3n) is 2.91. The van der Waals surface area contributed by atoms with Gasteiger partial charge in [-0.15, -0.1) is 11.3 Å². The molecule has 0 N–H and O–H groups in total. The van der Waals surface area contributed by atoms with Crippen LogP contribution in [0.1, 0.15) is 41.4 Å². The van der Waals surface area contributed by atoms with E-state index < -0.39 is 0 Å². The molecule has 0 fully saturated rings. The Bertz CT molecular complexity index is 557. The van der Waals surface area contributed by atoms with E-state index in [4.69, 9.17) is 11.6 Å². The van der Waals surface area contributed by atoms with Gasteiger partial charge in [-0.1, -0.05) is 24.9 Å². The SMILES string of the molecule is CCCCC(=O)c1sc2ccc(Cl)cc2c1C. The van der Waals surface area contributed by atoms with Gasteiger partial charge in [0.25, 0.3) is 0 Å². The van der Waals surface area contributed by atoms with Crippen molar-refractivity contribution in [2.45, 2.75) is 33.1 Å². The van der Waals surface area contributed by atoms with Crippen LogP contribution in [0.5, 0.6) is 0 Å².